The molecule has 0 heterocycles. The minimum absolute atomic E-state index is 0.130. The van der Waals surface area contributed by atoms with E-state index in [9.17, 15) is 0 Å². The molecular formula is C5H11BrO2. The molecule has 2 nitrogen and oxygen atoms in total. The van der Waals surface area contributed by atoms with Crippen LogP contribution in [0.5, 0.6) is 0 Å². The second kappa shape index (κ2) is 4.30. The Labute approximate surface area is 58.3 Å². The molecule has 0 saturated carbocycles. The summed E-state index contributed by atoms with van der Waals surface area (Å²) >= 11 is 3.31. The zero-order chi connectivity index (χ0) is 6.57. The Hall–Kier alpha value is 0.400. The summed E-state index contributed by atoms with van der Waals surface area (Å²) in [5, 5.41) is 0. The Morgan fingerprint density at radius 2 is 1.62 bits per heavy atom. The van der Waals surface area contributed by atoms with Crippen molar-refractivity contribution in [1.29, 1.82) is 0 Å². The van der Waals surface area contributed by atoms with Gasteiger partial charge in [-0.25, -0.2) is 0 Å². The number of hydrogen-bond donors (Lipinski definition) is 0. The minimum atomic E-state index is -0.130. The fourth-order valence-corrected chi connectivity index (χ4v) is 0.903. The number of rotatable bonds is 3. The second-order valence-corrected chi connectivity index (χ2v) is 2.96. The van der Waals surface area contributed by atoms with Crippen LogP contribution >= 0.6 is 15.9 Å². The molecule has 0 bridgehead atoms. The number of ether oxygens (including phenoxy) is 2. The van der Waals surface area contributed by atoms with Crippen molar-refractivity contribution >= 4 is 15.9 Å². The van der Waals surface area contributed by atoms with Gasteiger partial charge in [0.25, 0.3) is 0 Å². The van der Waals surface area contributed by atoms with Crippen LogP contribution in [-0.2, 0) is 9.47 Å². The molecule has 8 heavy (non-hydrogen) atoms. The highest BCUT2D eigenvalue weighted by Crippen LogP contribution is 2.07. The molecule has 0 fully saturated rings. The van der Waals surface area contributed by atoms with Gasteiger partial charge < -0.3 is 9.47 Å². The first-order valence-corrected chi connectivity index (χ1v) is 3.33. The zero-order valence-electron chi connectivity index (χ0n) is 5.35. The van der Waals surface area contributed by atoms with E-state index in [1.807, 2.05) is 6.92 Å². The third-order valence-electron chi connectivity index (χ3n) is 0.840. The van der Waals surface area contributed by atoms with Crippen molar-refractivity contribution in [3.05, 3.63) is 0 Å². The molecule has 0 aromatic heterocycles. The zero-order valence-corrected chi connectivity index (χ0v) is 6.94. The number of alkyl halides is 1. The lowest BCUT2D eigenvalue weighted by Crippen LogP contribution is -2.21. The van der Waals surface area contributed by atoms with Gasteiger partial charge in [0.15, 0.2) is 6.29 Å². The molecule has 0 radical (unpaired) electrons. The molecule has 1 atom stereocenters. The van der Waals surface area contributed by atoms with E-state index in [0.29, 0.717) is 0 Å². The molecule has 0 N–H and O–H groups in total. The second-order valence-electron chi connectivity index (χ2n) is 1.52. The van der Waals surface area contributed by atoms with Crippen LogP contribution in [0.15, 0.2) is 0 Å². The monoisotopic (exact) mass is 182 g/mol. The van der Waals surface area contributed by atoms with Crippen molar-refractivity contribution in [2.24, 2.45) is 0 Å². The van der Waals surface area contributed by atoms with Gasteiger partial charge in [-0.1, -0.05) is 15.9 Å². The van der Waals surface area contributed by atoms with Crippen molar-refractivity contribution in [3.8, 4) is 0 Å². The van der Waals surface area contributed by atoms with Crippen molar-refractivity contribution < 1.29 is 9.47 Å². The maximum absolute atomic E-state index is 4.89. The largest absolute Gasteiger partial charge is 0.355 e. The van der Waals surface area contributed by atoms with Crippen LogP contribution in [-0.4, -0.2) is 25.3 Å². The van der Waals surface area contributed by atoms with Crippen LogP contribution in [0.1, 0.15) is 6.92 Å². The van der Waals surface area contributed by atoms with E-state index in [-0.39, 0.29) is 11.1 Å². The third kappa shape index (κ3) is 2.64. The molecule has 0 aliphatic carbocycles. The summed E-state index contributed by atoms with van der Waals surface area (Å²) in [6.07, 6.45) is -0.130. The van der Waals surface area contributed by atoms with Gasteiger partial charge in [0.1, 0.15) is 0 Å². The van der Waals surface area contributed by atoms with E-state index in [0.717, 1.165) is 0 Å². The molecular weight excluding hydrogens is 172 g/mol. The third-order valence-corrected chi connectivity index (χ3v) is 1.27. The molecule has 0 amide bonds. The summed E-state index contributed by atoms with van der Waals surface area (Å²) < 4.78 is 9.78. The summed E-state index contributed by atoms with van der Waals surface area (Å²) in [6.45, 7) is 1.97. The highest BCUT2D eigenvalue weighted by Gasteiger charge is 2.10. The molecule has 0 aliphatic heterocycles. The smallest absolute Gasteiger partial charge is 0.168 e. The highest BCUT2D eigenvalue weighted by atomic mass is 79.9. The Morgan fingerprint density at radius 3 is 1.62 bits per heavy atom. The van der Waals surface area contributed by atoms with Crippen molar-refractivity contribution in [1.82, 2.24) is 0 Å². The van der Waals surface area contributed by atoms with Gasteiger partial charge >= 0.3 is 0 Å². The average Bonchev–Trinajstić information content (AvgIpc) is 1.69. The molecule has 0 aromatic carbocycles. The van der Waals surface area contributed by atoms with E-state index < -0.39 is 0 Å². The lowest BCUT2D eigenvalue weighted by molar-refractivity contribution is -0.0977. The van der Waals surface area contributed by atoms with Gasteiger partial charge in [-0.2, -0.15) is 0 Å². The normalized spacial score (nSPS) is 14.6. The lowest BCUT2D eigenvalue weighted by atomic mass is 10.5. The summed E-state index contributed by atoms with van der Waals surface area (Å²) in [5.74, 6) is 0. The summed E-state index contributed by atoms with van der Waals surface area (Å²) in [5.41, 5.74) is 0. The molecule has 0 aromatic rings. The summed E-state index contributed by atoms with van der Waals surface area (Å²) in [7, 11) is 3.23. The molecule has 50 valence electrons. The fraction of sp³-hybridized carbons (Fsp3) is 1.00. The van der Waals surface area contributed by atoms with Crippen LogP contribution in [0.4, 0.5) is 0 Å². The number of methoxy groups -OCH3 is 2. The fourth-order valence-electron chi connectivity index (χ4n) is 0.471. The Balaban J connectivity index is 3.35. The van der Waals surface area contributed by atoms with Gasteiger partial charge in [-0.15, -0.1) is 0 Å². The average molecular weight is 183 g/mol. The van der Waals surface area contributed by atoms with Gasteiger partial charge in [-0.05, 0) is 6.92 Å². The van der Waals surface area contributed by atoms with E-state index in [1.165, 1.54) is 0 Å². The van der Waals surface area contributed by atoms with Gasteiger partial charge in [0.05, 0.1) is 4.83 Å². The van der Waals surface area contributed by atoms with Gasteiger partial charge in [0, 0.05) is 14.2 Å². The minimum Gasteiger partial charge on any atom is -0.355 e. The van der Waals surface area contributed by atoms with Crippen LogP contribution in [0.25, 0.3) is 0 Å². The Bertz CT molecular complexity index is 52.4. The molecule has 0 saturated heterocycles. The first-order chi connectivity index (χ1) is 3.72. The van der Waals surface area contributed by atoms with Crippen molar-refractivity contribution in [2.75, 3.05) is 14.2 Å². The van der Waals surface area contributed by atoms with Crippen molar-refractivity contribution in [2.45, 2.75) is 18.0 Å². The predicted octanol–water partition coefficient (Wildman–Crippen LogP) is 1.39. The predicted molar refractivity (Wildman–Crippen MR) is 36.2 cm³/mol. The Kier molecular flexibility index (Phi) is 4.51. The molecule has 0 unspecified atom stereocenters. The van der Waals surface area contributed by atoms with Crippen molar-refractivity contribution in [3.63, 3.8) is 0 Å². The van der Waals surface area contributed by atoms with E-state index in [2.05, 4.69) is 15.9 Å². The number of halogens is 1. The van der Waals surface area contributed by atoms with Gasteiger partial charge in [-0.3, -0.25) is 0 Å². The molecule has 0 spiro atoms. The SMILES string of the molecule is COC(OC)[C@H](C)Br. The quantitative estimate of drug-likeness (QED) is 0.486. The first kappa shape index (κ1) is 8.40. The Morgan fingerprint density at radius 1 is 1.25 bits per heavy atom. The molecule has 0 aliphatic rings. The van der Waals surface area contributed by atoms with E-state index in [1.54, 1.807) is 14.2 Å². The number of hydrogen-bond acceptors (Lipinski definition) is 2. The van der Waals surface area contributed by atoms with E-state index >= 15 is 0 Å². The summed E-state index contributed by atoms with van der Waals surface area (Å²) in [6, 6.07) is 0. The van der Waals surface area contributed by atoms with Crippen LogP contribution in [0.2, 0.25) is 0 Å². The van der Waals surface area contributed by atoms with Crippen LogP contribution in [0, 0.1) is 0 Å². The van der Waals surface area contributed by atoms with Crippen LogP contribution in [0.3, 0.4) is 0 Å². The van der Waals surface area contributed by atoms with Gasteiger partial charge in [0.2, 0.25) is 0 Å². The standard InChI is InChI=1S/C5H11BrO2/c1-4(6)5(7-2)8-3/h4-5H,1-3H3/t4-/m0/s1. The maximum Gasteiger partial charge on any atom is 0.168 e. The molecule has 0 rings (SSSR count). The van der Waals surface area contributed by atoms with Crippen LogP contribution < -0.4 is 0 Å². The maximum atomic E-state index is 4.89. The first-order valence-electron chi connectivity index (χ1n) is 2.42. The lowest BCUT2D eigenvalue weighted by Gasteiger charge is -2.14. The summed E-state index contributed by atoms with van der Waals surface area (Å²) in [4.78, 5) is 0.248. The van der Waals surface area contributed by atoms with E-state index in [4.69, 9.17) is 9.47 Å². The highest BCUT2D eigenvalue weighted by molar-refractivity contribution is 9.09. The molecule has 3 heteroatoms. The topological polar surface area (TPSA) is 18.5 Å².